The summed E-state index contributed by atoms with van der Waals surface area (Å²) in [7, 11) is 1.56. The molecule has 0 saturated heterocycles. The van der Waals surface area contributed by atoms with Crippen molar-refractivity contribution in [1.29, 1.82) is 15.8 Å². The van der Waals surface area contributed by atoms with E-state index in [-0.39, 0.29) is 17.2 Å². The lowest BCUT2D eigenvalue weighted by Gasteiger charge is -2.45. The van der Waals surface area contributed by atoms with Crippen molar-refractivity contribution in [3.05, 3.63) is 46.7 Å². The zero-order valence-electron chi connectivity index (χ0n) is 18.2. The lowest BCUT2D eigenvalue weighted by atomic mass is 9.58. The molecule has 0 aromatic heterocycles. The van der Waals surface area contributed by atoms with Crippen LogP contribution in [0.4, 0.5) is 0 Å². The van der Waals surface area contributed by atoms with E-state index in [1.54, 1.807) is 7.11 Å². The Labute approximate surface area is 183 Å². The van der Waals surface area contributed by atoms with Crippen LogP contribution in [0.1, 0.15) is 31.7 Å². The SMILES string of the molecule is CCCOc1ccc([C@@H]2[C@H]3CN(CC)CC=C3C(C#N)=C(N)C2(C#N)C#N)cc1OC. The van der Waals surface area contributed by atoms with Crippen LogP contribution in [0.5, 0.6) is 11.5 Å². The average molecular weight is 418 g/mol. The van der Waals surface area contributed by atoms with Crippen molar-refractivity contribution in [3.8, 4) is 29.7 Å². The van der Waals surface area contributed by atoms with Crippen LogP contribution in [0.15, 0.2) is 41.1 Å². The Hall–Kier alpha value is -3.47. The molecule has 0 radical (unpaired) electrons. The lowest BCUT2D eigenvalue weighted by molar-refractivity contribution is 0.214. The number of nitriles is 3. The van der Waals surface area contributed by atoms with Crippen molar-refractivity contribution < 1.29 is 9.47 Å². The summed E-state index contributed by atoms with van der Waals surface area (Å²) in [4.78, 5) is 2.23. The minimum absolute atomic E-state index is 0.0303. The third-order valence-electron chi connectivity index (χ3n) is 6.20. The van der Waals surface area contributed by atoms with Gasteiger partial charge in [-0.05, 0) is 36.2 Å². The third-order valence-corrected chi connectivity index (χ3v) is 6.20. The molecule has 2 aliphatic rings. The van der Waals surface area contributed by atoms with Gasteiger partial charge in [0.2, 0.25) is 0 Å². The maximum Gasteiger partial charge on any atom is 0.191 e. The monoisotopic (exact) mass is 417 g/mol. The topological polar surface area (TPSA) is 119 Å². The molecule has 0 fully saturated rings. The van der Waals surface area contributed by atoms with E-state index in [9.17, 15) is 15.8 Å². The van der Waals surface area contributed by atoms with Gasteiger partial charge in [0.1, 0.15) is 6.07 Å². The van der Waals surface area contributed by atoms with E-state index < -0.39 is 11.3 Å². The van der Waals surface area contributed by atoms with Crippen LogP contribution in [-0.2, 0) is 0 Å². The minimum atomic E-state index is -1.65. The van der Waals surface area contributed by atoms with Crippen LogP contribution in [0.3, 0.4) is 0 Å². The van der Waals surface area contributed by atoms with Crippen molar-refractivity contribution >= 4 is 0 Å². The zero-order valence-corrected chi connectivity index (χ0v) is 18.2. The Morgan fingerprint density at radius 3 is 2.52 bits per heavy atom. The zero-order chi connectivity index (χ0) is 22.6. The molecular weight excluding hydrogens is 390 g/mol. The van der Waals surface area contributed by atoms with Crippen molar-refractivity contribution in [3.63, 3.8) is 0 Å². The van der Waals surface area contributed by atoms with Gasteiger partial charge in [-0.2, -0.15) is 15.8 Å². The van der Waals surface area contributed by atoms with Crippen molar-refractivity contribution in [1.82, 2.24) is 4.90 Å². The first kappa shape index (κ1) is 22.2. The van der Waals surface area contributed by atoms with E-state index >= 15 is 0 Å². The van der Waals surface area contributed by atoms with Crippen LogP contribution in [0, 0.1) is 45.3 Å². The first-order valence-electron chi connectivity index (χ1n) is 10.5. The number of hydrogen-bond acceptors (Lipinski definition) is 7. The summed E-state index contributed by atoms with van der Waals surface area (Å²) in [5.74, 6) is 0.383. The standard InChI is InChI=1S/C24H27N5O2/c1-4-10-31-20-7-6-16(11-21(20)30-3)22-19-13-29(5-2)9-8-17(19)18(12-25)23(28)24(22,14-26)15-27/h6-8,11,19,22H,4-5,9-10,13,28H2,1-3H3/t19-,22+/m0/s1. The normalized spacial score (nSPS) is 22.4. The van der Waals surface area contributed by atoms with Crippen LogP contribution in [-0.4, -0.2) is 38.3 Å². The number of ether oxygens (including phenoxy) is 2. The van der Waals surface area contributed by atoms with E-state index in [4.69, 9.17) is 15.2 Å². The Morgan fingerprint density at radius 2 is 1.94 bits per heavy atom. The number of fused-ring (bicyclic) bond motifs is 1. The fraction of sp³-hybridized carbons (Fsp3) is 0.458. The van der Waals surface area contributed by atoms with Crippen molar-refractivity contribution in [2.45, 2.75) is 26.2 Å². The molecule has 31 heavy (non-hydrogen) atoms. The molecule has 2 atom stereocenters. The number of likely N-dealkylation sites (N-methyl/N-ethyl adjacent to an activating group) is 1. The van der Waals surface area contributed by atoms with E-state index in [1.165, 1.54) is 0 Å². The Balaban J connectivity index is 2.23. The predicted octanol–water partition coefficient (Wildman–Crippen LogP) is 3.23. The summed E-state index contributed by atoms with van der Waals surface area (Å²) < 4.78 is 11.3. The lowest BCUT2D eigenvalue weighted by Crippen LogP contribution is -2.48. The number of rotatable bonds is 6. The van der Waals surface area contributed by atoms with Gasteiger partial charge in [0.15, 0.2) is 16.9 Å². The average Bonchev–Trinajstić information content (AvgIpc) is 2.81. The molecule has 0 bridgehead atoms. The van der Waals surface area contributed by atoms with Gasteiger partial charge in [0.05, 0.1) is 37.1 Å². The second-order valence-corrected chi connectivity index (χ2v) is 7.79. The molecule has 1 aliphatic carbocycles. The number of hydrogen-bond donors (Lipinski definition) is 1. The molecule has 0 amide bonds. The molecule has 1 heterocycles. The highest BCUT2D eigenvalue weighted by atomic mass is 16.5. The number of methoxy groups -OCH3 is 1. The fourth-order valence-electron chi connectivity index (χ4n) is 4.58. The summed E-state index contributed by atoms with van der Waals surface area (Å²) in [6, 6.07) is 12.0. The first-order chi connectivity index (χ1) is 15.0. The van der Waals surface area contributed by atoms with E-state index in [2.05, 4.69) is 30.0 Å². The number of nitrogens with two attached hydrogens (primary N) is 1. The van der Waals surface area contributed by atoms with Gasteiger partial charge >= 0.3 is 0 Å². The van der Waals surface area contributed by atoms with Gasteiger partial charge in [0.25, 0.3) is 0 Å². The van der Waals surface area contributed by atoms with Crippen molar-refractivity contribution in [2.24, 2.45) is 17.1 Å². The number of nitrogens with zero attached hydrogens (tertiary/aromatic N) is 4. The summed E-state index contributed by atoms with van der Waals surface area (Å²) >= 11 is 0. The number of benzene rings is 1. The van der Waals surface area contributed by atoms with Gasteiger partial charge in [-0.25, -0.2) is 0 Å². The molecule has 1 aromatic rings. The highest BCUT2D eigenvalue weighted by molar-refractivity contribution is 5.60. The molecule has 3 rings (SSSR count). The van der Waals surface area contributed by atoms with E-state index in [0.29, 0.717) is 31.2 Å². The molecular formula is C24H27N5O2. The minimum Gasteiger partial charge on any atom is -0.493 e. The molecule has 160 valence electrons. The number of allylic oxidation sites excluding steroid dienone is 2. The van der Waals surface area contributed by atoms with Crippen LogP contribution in [0.25, 0.3) is 0 Å². The van der Waals surface area contributed by atoms with Gasteiger partial charge < -0.3 is 15.2 Å². The predicted molar refractivity (Wildman–Crippen MR) is 116 cm³/mol. The second kappa shape index (κ2) is 9.13. The summed E-state index contributed by atoms with van der Waals surface area (Å²) in [6.07, 6.45) is 2.87. The Kier molecular flexibility index (Phi) is 6.54. The van der Waals surface area contributed by atoms with Crippen LogP contribution < -0.4 is 15.2 Å². The first-order valence-corrected chi connectivity index (χ1v) is 10.5. The van der Waals surface area contributed by atoms with E-state index in [0.717, 1.165) is 24.1 Å². The fourth-order valence-corrected chi connectivity index (χ4v) is 4.58. The summed E-state index contributed by atoms with van der Waals surface area (Å²) in [5, 5.41) is 30.2. The summed E-state index contributed by atoms with van der Waals surface area (Å²) in [5.41, 5.74) is 6.58. The Bertz CT molecular complexity index is 1020. The summed E-state index contributed by atoms with van der Waals surface area (Å²) in [6.45, 7) is 6.81. The smallest absolute Gasteiger partial charge is 0.191 e. The second-order valence-electron chi connectivity index (χ2n) is 7.79. The molecule has 0 spiro atoms. The molecule has 1 aromatic carbocycles. The maximum atomic E-state index is 10.2. The molecule has 7 heteroatoms. The van der Waals surface area contributed by atoms with Gasteiger partial charge in [0, 0.05) is 24.9 Å². The third kappa shape index (κ3) is 3.61. The molecule has 1 aliphatic heterocycles. The van der Waals surface area contributed by atoms with Gasteiger partial charge in [-0.1, -0.05) is 26.0 Å². The highest BCUT2D eigenvalue weighted by Gasteiger charge is 2.54. The van der Waals surface area contributed by atoms with Crippen LogP contribution >= 0.6 is 0 Å². The molecule has 0 unspecified atom stereocenters. The highest BCUT2D eigenvalue weighted by Crippen LogP contribution is 2.54. The maximum absolute atomic E-state index is 10.2. The van der Waals surface area contributed by atoms with Gasteiger partial charge in [-0.3, -0.25) is 4.90 Å². The largest absolute Gasteiger partial charge is 0.493 e. The molecule has 2 N–H and O–H groups in total. The molecule has 7 nitrogen and oxygen atoms in total. The van der Waals surface area contributed by atoms with E-state index in [1.807, 2.05) is 31.2 Å². The van der Waals surface area contributed by atoms with Crippen molar-refractivity contribution in [2.75, 3.05) is 33.4 Å². The Morgan fingerprint density at radius 1 is 1.19 bits per heavy atom. The molecule has 0 saturated carbocycles. The quantitative estimate of drug-likeness (QED) is 0.754. The van der Waals surface area contributed by atoms with Crippen LogP contribution in [0.2, 0.25) is 0 Å². The van der Waals surface area contributed by atoms with Gasteiger partial charge in [-0.15, -0.1) is 0 Å².